The minimum Gasteiger partial charge on any atom is -0.495 e. The summed E-state index contributed by atoms with van der Waals surface area (Å²) >= 11 is 3.33. The van der Waals surface area contributed by atoms with E-state index in [1.54, 1.807) is 22.5 Å². The van der Waals surface area contributed by atoms with Gasteiger partial charge in [-0.1, -0.05) is 15.9 Å². The molecule has 2 aliphatic rings. The number of ether oxygens (including phenoxy) is 1. The lowest BCUT2D eigenvalue weighted by molar-refractivity contribution is 0.372. The number of benzene rings is 1. The number of fused-ring (bicyclic) bond motifs is 1. The van der Waals surface area contributed by atoms with Crippen LogP contribution in [0.25, 0.3) is 0 Å². The smallest absolute Gasteiger partial charge is 0.247 e. The molecule has 110 valence electrons. The van der Waals surface area contributed by atoms with Gasteiger partial charge < -0.3 is 10.1 Å². The van der Waals surface area contributed by atoms with E-state index in [9.17, 15) is 8.42 Å². The monoisotopic (exact) mass is 360 g/mol. The van der Waals surface area contributed by atoms with Crippen LogP contribution >= 0.6 is 15.9 Å². The molecule has 0 amide bonds. The molecular weight excluding hydrogens is 344 g/mol. The van der Waals surface area contributed by atoms with Gasteiger partial charge in [-0.05, 0) is 37.1 Å². The maximum Gasteiger partial charge on any atom is 0.247 e. The Labute approximate surface area is 127 Å². The van der Waals surface area contributed by atoms with Gasteiger partial charge in [-0.15, -0.1) is 0 Å². The lowest BCUT2D eigenvalue weighted by Crippen LogP contribution is -2.39. The van der Waals surface area contributed by atoms with Gasteiger partial charge in [0, 0.05) is 23.6 Å². The number of halogens is 1. The van der Waals surface area contributed by atoms with Gasteiger partial charge in [-0.2, -0.15) is 4.31 Å². The van der Waals surface area contributed by atoms with Crippen LogP contribution in [0, 0.1) is 5.92 Å². The van der Waals surface area contributed by atoms with E-state index in [-0.39, 0.29) is 10.9 Å². The molecule has 0 radical (unpaired) electrons. The zero-order valence-corrected chi connectivity index (χ0v) is 13.6. The van der Waals surface area contributed by atoms with Crippen molar-refractivity contribution in [3.8, 4) is 5.75 Å². The van der Waals surface area contributed by atoms with Crippen LogP contribution in [-0.4, -0.2) is 45.5 Å². The van der Waals surface area contributed by atoms with Gasteiger partial charge in [0.2, 0.25) is 10.0 Å². The molecule has 2 saturated heterocycles. The van der Waals surface area contributed by atoms with E-state index in [2.05, 4.69) is 21.2 Å². The van der Waals surface area contributed by atoms with Gasteiger partial charge in [0.25, 0.3) is 0 Å². The van der Waals surface area contributed by atoms with Gasteiger partial charge in [0.15, 0.2) is 0 Å². The van der Waals surface area contributed by atoms with Crippen LogP contribution in [0.15, 0.2) is 27.6 Å². The van der Waals surface area contributed by atoms with Gasteiger partial charge in [0.1, 0.15) is 10.6 Å². The summed E-state index contributed by atoms with van der Waals surface area (Å²) in [4.78, 5) is 0.238. The largest absolute Gasteiger partial charge is 0.495 e. The van der Waals surface area contributed by atoms with Crippen molar-refractivity contribution in [1.82, 2.24) is 9.62 Å². The Bertz CT molecular complexity index is 620. The van der Waals surface area contributed by atoms with Gasteiger partial charge in [0.05, 0.1) is 7.11 Å². The van der Waals surface area contributed by atoms with Crippen molar-refractivity contribution in [1.29, 1.82) is 0 Å². The number of hydrogen-bond donors (Lipinski definition) is 1. The maximum absolute atomic E-state index is 12.9. The van der Waals surface area contributed by atoms with E-state index in [1.165, 1.54) is 7.11 Å². The summed E-state index contributed by atoms with van der Waals surface area (Å²) < 4.78 is 33.4. The summed E-state index contributed by atoms with van der Waals surface area (Å²) in [7, 11) is -2.03. The van der Waals surface area contributed by atoms with E-state index in [4.69, 9.17) is 4.74 Å². The zero-order valence-electron chi connectivity index (χ0n) is 11.2. The Morgan fingerprint density at radius 2 is 2.20 bits per heavy atom. The summed E-state index contributed by atoms with van der Waals surface area (Å²) in [6, 6.07) is 5.15. The fraction of sp³-hybridized carbons (Fsp3) is 0.538. The van der Waals surface area contributed by atoms with Crippen molar-refractivity contribution in [3.63, 3.8) is 0 Å². The quantitative estimate of drug-likeness (QED) is 0.885. The van der Waals surface area contributed by atoms with Crippen LogP contribution in [-0.2, 0) is 10.0 Å². The van der Waals surface area contributed by atoms with E-state index < -0.39 is 10.0 Å². The molecule has 0 saturated carbocycles. The molecule has 2 fully saturated rings. The Morgan fingerprint density at radius 3 is 2.95 bits per heavy atom. The summed E-state index contributed by atoms with van der Waals surface area (Å²) in [5.74, 6) is 0.825. The Hall–Kier alpha value is -0.630. The molecule has 1 aromatic rings. The first-order chi connectivity index (χ1) is 9.54. The predicted molar refractivity (Wildman–Crippen MR) is 79.4 cm³/mol. The zero-order chi connectivity index (χ0) is 14.3. The molecule has 1 N–H and O–H groups in total. The first-order valence-electron chi connectivity index (χ1n) is 6.60. The van der Waals surface area contributed by atoms with Crippen molar-refractivity contribution in [2.75, 3.05) is 26.7 Å². The highest BCUT2D eigenvalue weighted by molar-refractivity contribution is 9.10. The summed E-state index contributed by atoms with van der Waals surface area (Å²) in [5, 5.41) is 3.27. The molecule has 0 aliphatic carbocycles. The van der Waals surface area contributed by atoms with Crippen molar-refractivity contribution in [2.24, 2.45) is 5.92 Å². The second kappa shape index (κ2) is 5.29. The molecule has 7 heteroatoms. The fourth-order valence-electron chi connectivity index (χ4n) is 3.09. The number of methoxy groups -OCH3 is 1. The Balaban J connectivity index is 2.02. The third-order valence-corrected chi connectivity index (χ3v) is 6.55. The van der Waals surface area contributed by atoms with E-state index >= 15 is 0 Å². The average Bonchev–Trinajstić information content (AvgIpc) is 3.00. The van der Waals surface area contributed by atoms with Crippen LogP contribution in [0.2, 0.25) is 0 Å². The number of nitrogens with one attached hydrogen (secondary N) is 1. The van der Waals surface area contributed by atoms with Crippen molar-refractivity contribution in [2.45, 2.75) is 17.4 Å². The first kappa shape index (κ1) is 14.3. The van der Waals surface area contributed by atoms with Gasteiger partial charge >= 0.3 is 0 Å². The summed E-state index contributed by atoms with van der Waals surface area (Å²) in [5.41, 5.74) is 0. The molecule has 20 heavy (non-hydrogen) atoms. The molecule has 2 heterocycles. The highest BCUT2D eigenvalue weighted by Gasteiger charge is 2.44. The molecule has 0 aromatic heterocycles. The van der Waals surface area contributed by atoms with Crippen molar-refractivity contribution < 1.29 is 13.2 Å². The minimum atomic E-state index is -3.52. The Kier molecular flexibility index (Phi) is 3.79. The Morgan fingerprint density at radius 1 is 1.40 bits per heavy atom. The first-order valence-corrected chi connectivity index (χ1v) is 8.83. The second-order valence-corrected chi connectivity index (χ2v) is 7.96. The lowest BCUT2D eigenvalue weighted by atomic mass is 10.1. The maximum atomic E-state index is 12.9. The second-order valence-electron chi connectivity index (χ2n) is 5.19. The van der Waals surface area contributed by atoms with Crippen LogP contribution in [0.5, 0.6) is 5.75 Å². The third-order valence-electron chi connectivity index (χ3n) is 4.11. The van der Waals surface area contributed by atoms with Crippen molar-refractivity contribution >= 4 is 26.0 Å². The summed E-state index contributed by atoms with van der Waals surface area (Å²) in [6.07, 6.45) is 0.924. The normalized spacial score (nSPS) is 26.7. The fourth-order valence-corrected chi connectivity index (χ4v) is 5.48. The molecule has 0 bridgehead atoms. The van der Waals surface area contributed by atoms with E-state index in [1.807, 2.05) is 0 Å². The average molecular weight is 361 g/mol. The molecular formula is C13H17BrN2O3S. The molecule has 2 atom stereocenters. The van der Waals surface area contributed by atoms with Crippen LogP contribution in [0.3, 0.4) is 0 Å². The highest BCUT2D eigenvalue weighted by atomic mass is 79.9. The standard InChI is InChI=1S/C13H17BrN2O3S/c1-19-12-3-2-10(14)6-13(12)20(17,18)16-5-4-9-7-15-8-11(9)16/h2-3,6,9,11,15H,4-5,7-8H2,1H3/t9-,11+/m0/s1. The molecule has 5 nitrogen and oxygen atoms in total. The lowest BCUT2D eigenvalue weighted by Gasteiger charge is -2.23. The number of nitrogens with zero attached hydrogens (tertiary/aromatic N) is 1. The van der Waals surface area contributed by atoms with E-state index in [0.717, 1.165) is 24.0 Å². The number of rotatable bonds is 3. The van der Waals surface area contributed by atoms with Crippen LogP contribution in [0.4, 0.5) is 0 Å². The van der Waals surface area contributed by atoms with Crippen molar-refractivity contribution in [3.05, 3.63) is 22.7 Å². The van der Waals surface area contributed by atoms with E-state index in [0.29, 0.717) is 18.2 Å². The molecule has 0 unspecified atom stereocenters. The number of sulfonamides is 1. The van der Waals surface area contributed by atoms with Crippen LogP contribution in [0.1, 0.15) is 6.42 Å². The highest BCUT2D eigenvalue weighted by Crippen LogP contribution is 2.36. The number of hydrogen-bond acceptors (Lipinski definition) is 4. The predicted octanol–water partition coefficient (Wildman–Crippen LogP) is 1.44. The molecule has 0 spiro atoms. The third kappa shape index (κ3) is 2.26. The summed E-state index contributed by atoms with van der Waals surface area (Å²) in [6.45, 7) is 2.24. The molecule has 3 rings (SSSR count). The van der Waals surface area contributed by atoms with Gasteiger partial charge in [-0.3, -0.25) is 0 Å². The topological polar surface area (TPSA) is 58.6 Å². The SMILES string of the molecule is COc1ccc(Br)cc1S(=O)(=O)N1CC[C@H]2CNC[C@H]21. The van der Waals surface area contributed by atoms with Gasteiger partial charge in [-0.25, -0.2) is 8.42 Å². The minimum absolute atomic E-state index is 0.0729. The van der Waals surface area contributed by atoms with Crippen LogP contribution < -0.4 is 10.1 Å². The molecule has 2 aliphatic heterocycles. The molecule has 1 aromatic carbocycles.